The van der Waals surface area contributed by atoms with Gasteiger partial charge in [0.2, 0.25) is 0 Å². The second-order valence-electron chi connectivity index (χ2n) is 2.87. The van der Waals surface area contributed by atoms with Crippen LogP contribution < -0.4 is 5.73 Å². The first-order valence-corrected chi connectivity index (χ1v) is 3.85. The summed E-state index contributed by atoms with van der Waals surface area (Å²) in [6.45, 7) is 1.83. The molecule has 4 nitrogen and oxygen atoms in total. The number of pyridine rings is 1. The molecule has 0 fully saturated rings. The lowest BCUT2D eigenvalue weighted by molar-refractivity contribution is 1.14. The van der Waals surface area contributed by atoms with Crippen LogP contribution in [0.2, 0.25) is 0 Å². The Morgan fingerprint density at radius 1 is 1.62 bits per heavy atom. The van der Waals surface area contributed by atoms with Crippen LogP contribution >= 0.6 is 0 Å². The topological polar surface area (TPSA) is 67.1 Å². The Morgan fingerprint density at radius 3 is 3.08 bits per heavy atom. The predicted octanol–water partition coefficient (Wildman–Crippen LogP) is 1.10. The second kappa shape index (κ2) is 2.49. The van der Waals surface area contributed by atoms with Crippen LogP contribution in [0.4, 0.5) is 5.82 Å². The van der Waals surface area contributed by atoms with E-state index < -0.39 is 0 Å². The minimum atomic E-state index is 0.576. The van der Waals surface area contributed by atoms with Crippen molar-refractivity contribution < 1.29 is 0 Å². The third kappa shape index (κ3) is 0.942. The quantitative estimate of drug-likeness (QED) is 0.647. The summed E-state index contributed by atoms with van der Waals surface area (Å²) in [6, 6.07) is 3.87. The number of nitrogens with two attached hydrogens (primary N) is 1. The first kappa shape index (κ1) is 7.62. The smallest absolute Gasteiger partial charge is 0.113 e. The first-order valence-electron chi connectivity index (χ1n) is 3.85. The summed E-state index contributed by atoms with van der Waals surface area (Å²) in [6.07, 6.45) is 3.31. The molecule has 0 unspecified atom stereocenters. The van der Waals surface area contributed by atoms with Gasteiger partial charge in [-0.25, -0.2) is 4.98 Å². The molecule has 0 atom stereocenters. The number of hydrogen-bond acceptors (Lipinski definition) is 3. The highest BCUT2D eigenvalue weighted by Crippen LogP contribution is 2.18. The largest absolute Gasteiger partial charge is 0.385 e. The Kier molecular flexibility index (Phi) is 1.46. The van der Waals surface area contributed by atoms with Crippen molar-refractivity contribution in [3.63, 3.8) is 0 Å². The van der Waals surface area contributed by atoms with Crippen molar-refractivity contribution in [3.05, 3.63) is 29.7 Å². The molecule has 2 rings (SSSR count). The average Bonchev–Trinajstić information content (AvgIpc) is 2.59. The fourth-order valence-corrected chi connectivity index (χ4v) is 1.30. The zero-order valence-corrected chi connectivity index (χ0v) is 7.15. The number of nitrogens with zero attached hydrogens (tertiary/aromatic N) is 3. The summed E-state index contributed by atoms with van der Waals surface area (Å²) in [5, 5.41) is 8.80. The standard InChI is InChI=1S/C9H8N4/c1-6-7(3-10)2-8-4-12-5-13(8)9(6)11/h2,4-5H,11H2,1H3. The van der Waals surface area contributed by atoms with E-state index >= 15 is 0 Å². The molecule has 0 aliphatic heterocycles. The number of nitrogen functional groups attached to an aromatic ring is 1. The van der Waals surface area contributed by atoms with Gasteiger partial charge in [0.15, 0.2) is 0 Å². The van der Waals surface area contributed by atoms with E-state index in [-0.39, 0.29) is 0 Å². The highest BCUT2D eigenvalue weighted by molar-refractivity contribution is 5.62. The number of nitriles is 1. The molecule has 0 radical (unpaired) electrons. The minimum Gasteiger partial charge on any atom is -0.385 e. The monoisotopic (exact) mass is 172 g/mol. The molecule has 13 heavy (non-hydrogen) atoms. The molecular formula is C9H8N4. The van der Waals surface area contributed by atoms with Gasteiger partial charge in [-0.3, -0.25) is 4.40 Å². The Balaban J connectivity index is 2.94. The number of anilines is 1. The van der Waals surface area contributed by atoms with Crippen LogP contribution in [-0.4, -0.2) is 9.38 Å². The molecule has 0 aliphatic carbocycles. The maximum atomic E-state index is 8.80. The molecule has 2 N–H and O–H groups in total. The molecular weight excluding hydrogens is 164 g/mol. The predicted molar refractivity (Wildman–Crippen MR) is 49.1 cm³/mol. The van der Waals surface area contributed by atoms with Gasteiger partial charge in [-0.2, -0.15) is 5.26 Å². The molecule has 2 heterocycles. The van der Waals surface area contributed by atoms with Gasteiger partial charge in [0.1, 0.15) is 12.1 Å². The highest BCUT2D eigenvalue weighted by Gasteiger charge is 2.06. The normalized spacial score (nSPS) is 10.2. The van der Waals surface area contributed by atoms with Crippen molar-refractivity contribution in [1.29, 1.82) is 5.26 Å². The van der Waals surface area contributed by atoms with E-state index in [2.05, 4.69) is 11.1 Å². The Bertz CT molecular complexity index is 504. The van der Waals surface area contributed by atoms with Crippen LogP contribution in [0.15, 0.2) is 18.6 Å². The summed E-state index contributed by atoms with van der Waals surface area (Å²) in [4.78, 5) is 3.95. The van der Waals surface area contributed by atoms with Crippen molar-refractivity contribution in [2.45, 2.75) is 6.92 Å². The van der Waals surface area contributed by atoms with Crippen LogP contribution in [-0.2, 0) is 0 Å². The molecule has 0 aromatic carbocycles. The van der Waals surface area contributed by atoms with Gasteiger partial charge in [0.25, 0.3) is 0 Å². The lowest BCUT2D eigenvalue weighted by Crippen LogP contribution is -2.00. The summed E-state index contributed by atoms with van der Waals surface area (Å²) >= 11 is 0. The van der Waals surface area contributed by atoms with Crippen molar-refractivity contribution in [2.24, 2.45) is 0 Å². The van der Waals surface area contributed by atoms with E-state index in [1.54, 1.807) is 23.0 Å². The van der Waals surface area contributed by atoms with Crippen molar-refractivity contribution in [1.82, 2.24) is 9.38 Å². The summed E-state index contributed by atoms with van der Waals surface area (Å²) in [5.41, 5.74) is 8.06. The molecule has 4 heteroatoms. The lowest BCUT2D eigenvalue weighted by atomic mass is 10.1. The molecule has 2 aromatic heterocycles. The Morgan fingerprint density at radius 2 is 2.38 bits per heavy atom. The fourth-order valence-electron chi connectivity index (χ4n) is 1.30. The van der Waals surface area contributed by atoms with Crippen LogP contribution in [0.5, 0.6) is 0 Å². The maximum absolute atomic E-state index is 8.80. The molecule has 2 aromatic rings. The molecule has 0 saturated heterocycles. The van der Waals surface area contributed by atoms with E-state index in [1.165, 1.54) is 0 Å². The average molecular weight is 172 g/mol. The molecule has 0 saturated carbocycles. The Labute approximate surface area is 75.2 Å². The van der Waals surface area contributed by atoms with Crippen molar-refractivity contribution in [3.8, 4) is 6.07 Å². The van der Waals surface area contributed by atoms with Crippen LogP contribution in [0.1, 0.15) is 11.1 Å². The van der Waals surface area contributed by atoms with Crippen molar-refractivity contribution >= 4 is 11.3 Å². The molecule has 0 spiro atoms. The number of fused-ring (bicyclic) bond motifs is 1. The van der Waals surface area contributed by atoms with Crippen LogP contribution in [0.3, 0.4) is 0 Å². The lowest BCUT2D eigenvalue weighted by Gasteiger charge is -2.04. The molecule has 0 aliphatic rings. The summed E-state index contributed by atoms with van der Waals surface area (Å²) < 4.78 is 1.76. The van der Waals surface area contributed by atoms with Gasteiger partial charge in [0.05, 0.1) is 23.3 Å². The molecule has 64 valence electrons. The number of aromatic nitrogens is 2. The zero-order chi connectivity index (χ0) is 9.42. The second-order valence-corrected chi connectivity index (χ2v) is 2.87. The van der Waals surface area contributed by atoms with Crippen LogP contribution in [0.25, 0.3) is 5.52 Å². The number of hydrogen-bond donors (Lipinski definition) is 1. The van der Waals surface area contributed by atoms with E-state index in [1.807, 2.05) is 6.92 Å². The van der Waals surface area contributed by atoms with Gasteiger partial charge >= 0.3 is 0 Å². The summed E-state index contributed by atoms with van der Waals surface area (Å²) in [5.74, 6) is 0.576. The molecule has 0 bridgehead atoms. The first-order chi connectivity index (χ1) is 6.24. The zero-order valence-electron chi connectivity index (χ0n) is 7.15. The highest BCUT2D eigenvalue weighted by atomic mass is 15.0. The van der Waals surface area contributed by atoms with E-state index in [9.17, 15) is 0 Å². The number of imidazole rings is 1. The summed E-state index contributed by atoms with van der Waals surface area (Å²) in [7, 11) is 0. The van der Waals surface area contributed by atoms with Gasteiger partial charge < -0.3 is 5.73 Å². The van der Waals surface area contributed by atoms with Gasteiger partial charge in [-0.1, -0.05) is 0 Å². The van der Waals surface area contributed by atoms with Crippen molar-refractivity contribution in [2.75, 3.05) is 5.73 Å². The molecule has 0 amide bonds. The SMILES string of the molecule is Cc1c(C#N)cc2cncn2c1N. The van der Waals surface area contributed by atoms with E-state index in [0.717, 1.165) is 11.1 Å². The van der Waals surface area contributed by atoms with E-state index in [0.29, 0.717) is 11.4 Å². The van der Waals surface area contributed by atoms with Crippen LogP contribution in [0, 0.1) is 18.3 Å². The van der Waals surface area contributed by atoms with Gasteiger partial charge in [-0.15, -0.1) is 0 Å². The Hall–Kier alpha value is -2.02. The minimum absolute atomic E-state index is 0.576. The third-order valence-electron chi connectivity index (χ3n) is 2.13. The fraction of sp³-hybridized carbons (Fsp3) is 0.111. The maximum Gasteiger partial charge on any atom is 0.113 e. The van der Waals surface area contributed by atoms with Gasteiger partial charge in [-0.05, 0) is 13.0 Å². The van der Waals surface area contributed by atoms with E-state index in [4.69, 9.17) is 11.0 Å². The number of rotatable bonds is 0. The van der Waals surface area contributed by atoms with Gasteiger partial charge in [0, 0.05) is 5.56 Å². The third-order valence-corrected chi connectivity index (χ3v) is 2.13.